The van der Waals surface area contributed by atoms with Crippen molar-refractivity contribution in [2.45, 2.75) is 5.92 Å². The highest BCUT2D eigenvalue weighted by atomic mass is 16.1. The number of aliphatic imine (C=N–C) groups is 1. The van der Waals surface area contributed by atoms with Crippen LogP contribution < -0.4 is 0 Å². The molecule has 0 aliphatic heterocycles. The maximum absolute atomic E-state index is 12.5. The number of hydrogen-bond donors (Lipinski definition) is 0. The molecule has 18 heavy (non-hydrogen) atoms. The third kappa shape index (κ3) is 1.50. The second kappa shape index (κ2) is 4.22. The Balaban J connectivity index is 2.18. The molecule has 1 atom stereocenters. The third-order valence-corrected chi connectivity index (χ3v) is 3.38. The standard InChI is InChI=1S/C16H13NO/c1-17-15-12-9-5-6-10-13(12)16(18)14(15)11-7-3-2-4-8-11/h2-10,14H,1H3/t14-/m0/s1. The predicted molar refractivity (Wildman–Crippen MR) is 72.4 cm³/mol. The van der Waals surface area contributed by atoms with Gasteiger partial charge in [0, 0.05) is 18.2 Å². The molecular formula is C16H13NO. The number of Topliss-reactive ketones (excluding diaryl/α,β-unsaturated/α-hetero) is 1. The van der Waals surface area contributed by atoms with Gasteiger partial charge < -0.3 is 0 Å². The van der Waals surface area contributed by atoms with E-state index in [1.54, 1.807) is 7.05 Å². The van der Waals surface area contributed by atoms with Crippen molar-refractivity contribution in [2.24, 2.45) is 4.99 Å². The number of fused-ring (bicyclic) bond motifs is 1. The number of benzene rings is 2. The van der Waals surface area contributed by atoms with Crippen molar-refractivity contribution in [3.05, 3.63) is 71.3 Å². The molecule has 0 radical (unpaired) electrons. The highest BCUT2D eigenvalue weighted by Gasteiger charge is 2.36. The van der Waals surface area contributed by atoms with Gasteiger partial charge in [0.2, 0.25) is 0 Å². The zero-order valence-corrected chi connectivity index (χ0v) is 10.1. The van der Waals surface area contributed by atoms with Gasteiger partial charge in [-0.1, -0.05) is 54.6 Å². The highest BCUT2D eigenvalue weighted by Crippen LogP contribution is 2.34. The molecule has 0 N–H and O–H groups in total. The zero-order chi connectivity index (χ0) is 12.5. The summed E-state index contributed by atoms with van der Waals surface area (Å²) in [6.45, 7) is 0. The van der Waals surface area contributed by atoms with Crippen molar-refractivity contribution in [3.8, 4) is 0 Å². The molecule has 0 aromatic heterocycles. The Kier molecular flexibility index (Phi) is 2.56. The molecule has 88 valence electrons. The molecular weight excluding hydrogens is 222 g/mol. The van der Waals surface area contributed by atoms with Crippen LogP contribution in [-0.4, -0.2) is 18.5 Å². The fraction of sp³-hybridized carbons (Fsp3) is 0.125. The summed E-state index contributed by atoms with van der Waals surface area (Å²) in [6.07, 6.45) is 0. The summed E-state index contributed by atoms with van der Waals surface area (Å²) in [7, 11) is 1.75. The highest BCUT2D eigenvalue weighted by molar-refractivity contribution is 6.31. The number of carbonyl (C=O) groups is 1. The maximum Gasteiger partial charge on any atom is 0.176 e. The predicted octanol–water partition coefficient (Wildman–Crippen LogP) is 3.09. The molecule has 0 spiro atoms. The summed E-state index contributed by atoms with van der Waals surface area (Å²) < 4.78 is 0. The molecule has 0 amide bonds. The van der Waals surface area contributed by atoms with E-state index in [0.717, 1.165) is 22.4 Å². The van der Waals surface area contributed by atoms with E-state index in [-0.39, 0.29) is 11.7 Å². The van der Waals surface area contributed by atoms with Gasteiger partial charge in [-0.2, -0.15) is 0 Å². The van der Waals surface area contributed by atoms with Gasteiger partial charge in [0.25, 0.3) is 0 Å². The van der Waals surface area contributed by atoms with E-state index < -0.39 is 0 Å². The van der Waals surface area contributed by atoms with Crippen LogP contribution in [0.2, 0.25) is 0 Å². The van der Waals surface area contributed by atoms with Crippen LogP contribution >= 0.6 is 0 Å². The van der Waals surface area contributed by atoms with Gasteiger partial charge in [0.1, 0.15) is 0 Å². The number of rotatable bonds is 1. The molecule has 0 heterocycles. The second-order valence-electron chi connectivity index (χ2n) is 4.36. The van der Waals surface area contributed by atoms with Gasteiger partial charge in [-0.15, -0.1) is 0 Å². The van der Waals surface area contributed by atoms with Crippen LogP contribution in [0.1, 0.15) is 27.4 Å². The number of hydrogen-bond acceptors (Lipinski definition) is 2. The SMILES string of the molecule is CN=C1c2ccccc2C(=O)[C@H]1c1ccccc1. The van der Waals surface area contributed by atoms with Crippen molar-refractivity contribution in [1.29, 1.82) is 0 Å². The van der Waals surface area contributed by atoms with E-state index >= 15 is 0 Å². The van der Waals surface area contributed by atoms with Gasteiger partial charge >= 0.3 is 0 Å². The largest absolute Gasteiger partial charge is 0.293 e. The van der Waals surface area contributed by atoms with E-state index in [9.17, 15) is 4.79 Å². The molecule has 0 fully saturated rings. The molecule has 0 bridgehead atoms. The minimum absolute atomic E-state index is 0.150. The molecule has 3 rings (SSSR count). The fourth-order valence-electron chi connectivity index (χ4n) is 2.56. The average Bonchev–Trinajstić information content (AvgIpc) is 2.73. The van der Waals surface area contributed by atoms with Crippen molar-refractivity contribution in [3.63, 3.8) is 0 Å². The van der Waals surface area contributed by atoms with Crippen LogP contribution in [0.4, 0.5) is 0 Å². The lowest BCUT2D eigenvalue weighted by Gasteiger charge is -2.09. The molecule has 0 unspecified atom stereocenters. The molecule has 0 saturated carbocycles. The first-order valence-corrected chi connectivity index (χ1v) is 5.98. The first-order valence-electron chi connectivity index (χ1n) is 5.98. The second-order valence-corrected chi connectivity index (χ2v) is 4.36. The lowest BCUT2D eigenvalue weighted by atomic mass is 9.94. The number of carbonyl (C=O) groups excluding carboxylic acids is 1. The summed E-state index contributed by atoms with van der Waals surface area (Å²) in [5.74, 6) is -0.0917. The molecule has 0 saturated heterocycles. The minimum Gasteiger partial charge on any atom is -0.293 e. The summed E-state index contributed by atoms with van der Waals surface area (Å²) in [4.78, 5) is 16.8. The van der Waals surface area contributed by atoms with E-state index in [2.05, 4.69) is 4.99 Å². The molecule has 1 aliphatic carbocycles. The Morgan fingerprint density at radius 2 is 1.50 bits per heavy atom. The van der Waals surface area contributed by atoms with Crippen molar-refractivity contribution in [1.82, 2.24) is 0 Å². The average molecular weight is 235 g/mol. The van der Waals surface area contributed by atoms with E-state index in [1.807, 2.05) is 54.6 Å². The minimum atomic E-state index is -0.242. The van der Waals surface area contributed by atoms with Gasteiger partial charge in [-0.25, -0.2) is 0 Å². The Morgan fingerprint density at radius 1 is 0.889 bits per heavy atom. The van der Waals surface area contributed by atoms with Gasteiger partial charge in [0.15, 0.2) is 5.78 Å². The Morgan fingerprint density at radius 3 is 2.17 bits per heavy atom. The van der Waals surface area contributed by atoms with Crippen LogP contribution in [-0.2, 0) is 0 Å². The Labute approximate surface area is 106 Å². The monoisotopic (exact) mass is 235 g/mol. The fourth-order valence-corrected chi connectivity index (χ4v) is 2.56. The first-order chi connectivity index (χ1) is 8.83. The van der Waals surface area contributed by atoms with Gasteiger partial charge in [-0.05, 0) is 5.56 Å². The van der Waals surface area contributed by atoms with Crippen LogP contribution in [0, 0.1) is 0 Å². The quantitative estimate of drug-likeness (QED) is 0.746. The molecule has 2 heteroatoms. The molecule has 2 nitrogen and oxygen atoms in total. The molecule has 1 aliphatic rings. The lowest BCUT2D eigenvalue weighted by Crippen LogP contribution is -2.13. The summed E-state index contributed by atoms with van der Waals surface area (Å²) in [5.41, 5.74) is 3.65. The van der Waals surface area contributed by atoms with Gasteiger partial charge in [0.05, 0.1) is 11.6 Å². The van der Waals surface area contributed by atoms with Crippen LogP contribution in [0.3, 0.4) is 0 Å². The van der Waals surface area contributed by atoms with E-state index in [4.69, 9.17) is 0 Å². The number of nitrogens with zero attached hydrogens (tertiary/aromatic N) is 1. The first kappa shape index (κ1) is 10.9. The maximum atomic E-state index is 12.5. The summed E-state index contributed by atoms with van der Waals surface area (Å²) >= 11 is 0. The molecule has 2 aromatic carbocycles. The Hall–Kier alpha value is -2.22. The van der Waals surface area contributed by atoms with Crippen LogP contribution in [0.15, 0.2) is 59.6 Å². The van der Waals surface area contributed by atoms with Crippen LogP contribution in [0.5, 0.6) is 0 Å². The Bertz CT molecular complexity index is 629. The number of ketones is 1. The van der Waals surface area contributed by atoms with E-state index in [0.29, 0.717) is 0 Å². The summed E-state index contributed by atoms with van der Waals surface area (Å²) in [5, 5.41) is 0. The van der Waals surface area contributed by atoms with E-state index in [1.165, 1.54) is 0 Å². The molecule has 2 aromatic rings. The van der Waals surface area contributed by atoms with Crippen LogP contribution in [0.25, 0.3) is 0 Å². The van der Waals surface area contributed by atoms with Crippen molar-refractivity contribution in [2.75, 3.05) is 7.05 Å². The smallest absolute Gasteiger partial charge is 0.176 e. The van der Waals surface area contributed by atoms with Gasteiger partial charge in [-0.3, -0.25) is 9.79 Å². The zero-order valence-electron chi connectivity index (χ0n) is 10.1. The topological polar surface area (TPSA) is 29.4 Å². The third-order valence-electron chi connectivity index (χ3n) is 3.38. The van der Waals surface area contributed by atoms with Crippen molar-refractivity contribution < 1.29 is 4.79 Å². The lowest BCUT2D eigenvalue weighted by molar-refractivity contribution is 0.0988. The summed E-state index contributed by atoms with van der Waals surface area (Å²) in [6, 6.07) is 17.5. The van der Waals surface area contributed by atoms with Crippen molar-refractivity contribution >= 4 is 11.5 Å². The normalized spacial score (nSPS) is 20.2.